The minimum absolute atomic E-state index is 0.258. The van der Waals surface area contributed by atoms with E-state index in [2.05, 4.69) is 91.3 Å². The van der Waals surface area contributed by atoms with Crippen LogP contribution in [0.2, 0.25) is 0 Å². The van der Waals surface area contributed by atoms with Crippen LogP contribution in [0.15, 0.2) is 60.2 Å². The lowest BCUT2D eigenvalue weighted by Gasteiger charge is -2.38. The average Bonchev–Trinajstić information content (AvgIpc) is 2.63. The molecule has 2 heteroatoms. The molecule has 0 spiro atoms. The molecule has 130 valence electrons. The SMILES string of the molecule is CC(C)[C@@]1(Br)CC[C@@H](C)/C(=C\c2ccc(-c3ccccc3)cc2)C1=O. The zero-order valence-corrected chi connectivity index (χ0v) is 16.7. The van der Waals surface area contributed by atoms with Gasteiger partial charge in [-0.3, -0.25) is 4.79 Å². The molecule has 1 nitrogen and oxygen atoms in total. The number of halogens is 1. The second kappa shape index (κ2) is 7.29. The maximum absolute atomic E-state index is 13.1. The molecule has 1 saturated carbocycles. The average molecular weight is 397 g/mol. The number of rotatable bonds is 3. The van der Waals surface area contributed by atoms with Gasteiger partial charge in [-0.15, -0.1) is 0 Å². The number of hydrogen-bond acceptors (Lipinski definition) is 1. The van der Waals surface area contributed by atoms with Crippen LogP contribution < -0.4 is 0 Å². The van der Waals surface area contributed by atoms with Crippen molar-refractivity contribution in [3.05, 3.63) is 65.7 Å². The molecule has 1 aliphatic rings. The lowest BCUT2D eigenvalue weighted by atomic mass is 9.73. The van der Waals surface area contributed by atoms with Crippen molar-refractivity contribution in [2.24, 2.45) is 11.8 Å². The van der Waals surface area contributed by atoms with Gasteiger partial charge in [0.2, 0.25) is 0 Å². The fourth-order valence-corrected chi connectivity index (χ4v) is 3.96. The lowest BCUT2D eigenvalue weighted by Crippen LogP contribution is -2.43. The summed E-state index contributed by atoms with van der Waals surface area (Å²) in [5.74, 6) is 0.857. The van der Waals surface area contributed by atoms with E-state index < -0.39 is 4.32 Å². The maximum Gasteiger partial charge on any atom is 0.176 e. The van der Waals surface area contributed by atoms with E-state index in [1.807, 2.05) is 6.07 Å². The molecular formula is C23H25BrO. The van der Waals surface area contributed by atoms with Gasteiger partial charge < -0.3 is 0 Å². The number of Topliss-reactive ketones (excluding diaryl/α,β-unsaturated/α-hetero) is 1. The van der Waals surface area contributed by atoms with Gasteiger partial charge in [0.05, 0.1) is 4.32 Å². The first kappa shape index (κ1) is 18.1. The van der Waals surface area contributed by atoms with Crippen molar-refractivity contribution >= 4 is 27.8 Å². The van der Waals surface area contributed by atoms with E-state index in [1.54, 1.807) is 0 Å². The third-order valence-corrected chi connectivity index (χ3v) is 7.04. The second-order valence-corrected chi connectivity index (χ2v) is 8.79. The largest absolute Gasteiger partial charge is 0.293 e. The first-order valence-electron chi connectivity index (χ1n) is 9.02. The van der Waals surface area contributed by atoms with Crippen molar-refractivity contribution in [1.29, 1.82) is 0 Å². The molecule has 0 unspecified atom stereocenters. The molecule has 1 aliphatic carbocycles. The van der Waals surface area contributed by atoms with Crippen molar-refractivity contribution in [3.63, 3.8) is 0 Å². The summed E-state index contributed by atoms with van der Waals surface area (Å²) >= 11 is 3.76. The van der Waals surface area contributed by atoms with Gasteiger partial charge in [-0.1, -0.05) is 91.3 Å². The van der Waals surface area contributed by atoms with Crippen LogP contribution in [0.25, 0.3) is 17.2 Å². The van der Waals surface area contributed by atoms with Crippen LogP contribution in [-0.4, -0.2) is 10.1 Å². The molecule has 0 aromatic heterocycles. The maximum atomic E-state index is 13.1. The predicted octanol–water partition coefficient (Wildman–Crippen LogP) is 6.53. The zero-order valence-electron chi connectivity index (χ0n) is 15.1. The van der Waals surface area contributed by atoms with Gasteiger partial charge in [0.15, 0.2) is 5.78 Å². The van der Waals surface area contributed by atoms with Gasteiger partial charge >= 0.3 is 0 Å². The molecule has 25 heavy (non-hydrogen) atoms. The first-order chi connectivity index (χ1) is 11.9. The summed E-state index contributed by atoms with van der Waals surface area (Å²) in [5, 5.41) is 0. The fraction of sp³-hybridized carbons (Fsp3) is 0.348. The van der Waals surface area contributed by atoms with Crippen molar-refractivity contribution in [3.8, 4) is 11.1 Å². The monoisotopic (exact) mass is 396 g/mol. The zero-order chi connectivity index (χ0) is 18.0. The smallest absolute Gasteiger partial charge is 0.176 e. The van der Waals surface area contributed by atoms with Crippen LogP contribution in [-0.2, 0) is 4.79 Å². The summed E-state index contributed by atoms with van der Waals surface area (Å²) in [6, 6.07) is 18.8. The van der Waals surface area contributed by atoms with Gasteiger partial charge in [-0.2, -0.15) is 0 Å². The Morgan fingerprint density at radius 1 is 1.04 bits per heavy atom. The minimum atomic E-state index is -0.407. The molecule has 0 bridgehead atoms. The molecule has 2 atom stereocenters. The highest BCUT2D eigenvalue weighted by Crippen LogP contribution is 2.44. The molecule has 0 saturated heterocycles. The Morgan fingerprint density at radius 2 is 1.64 bits per heavy atom. The van der Waals surface area contributed by atoms with Crippen molar-refractivity contribution in [2.45, 2.75) is 37.9 Å². The highest BCUT2D eigenvalue weighted by molar-refractivity contribution is 9.10. The normalized spacial score (nSPS) is 25.6. The number of ketones is 1. The molecule has 2 aromatic carbocycles. The van der Waals surface area contributed by atoms with E-state index in [1.165, 1.54) is 11.1 Å². The third kappa shape index (κ3) is 3.64. The number of hydrogen-bond donors (Lipinski definition) is 0. The summed E-state index contributed by atoms with van der Waals surface area (Å²) in [6.07, 6.45) is 4.04. The summed E-state index contributed by atoms with van der Waals surface area (Å²) < 4.78 is -0.407. The molecule has 2 aromatic rings. The topological polar surface area (TPSA) is 17.1 Å². The molecular weight excluding hydrogens is 372 g/mol. The van der Waals surface area contributed by atoms with E-state index in [-0.39, 0.29) is 11.7 Å². The summed E-state index contributed by atoms with van der Waals surface area (Å²) in [5.41, 5.74) is 4.45. The lowest BCUT2D eigenvalue weighted by molar-refractivity contribution is -0.120. The highest BCUT2D eigenvalue weighted by Gasteiger charge is 2.44. The van der Waals surface area contributed by atoms with Crippen molar-refractivity contribution in [2.75, 3.05) is 0 Å². The molecule has 1 fully saturated rings. The standard InChI is InChI=1S/C23H25BrO/c1-16(2)23(24)14-13-17(3)21(22(23)25)15-18-9-11-20(12-10-18)19-7-5-4-6-8-19/h4-12,15-17H,13-14H2,1-3H3/b21-15+/t17-,23+/m1/s1. The van der Waals surface area contributed by atoms with E-state index in [0.29, 0.717) is 5.92 Å². The van der Waals surface area contributed by atoms with Gasteiger partial charge in [-0.25, -0.2) is 0 Å². The molecule has 0 heterocycles. The second-order valence-electron chi connectivity index (χ2n) is 7.37. The van der Waals surface area contributed by atoms with E-state index >= 15 is 0 Å². The van der Waals surface area contributed by atoms with Crippen LogP contribution in [0.1, 0.15) is 39.2 Å². The number of allylic oxidation sites excluding steroid dienone is 1. The summed E-state index contributed by atoms with van der Waals surface area (Å²) in [7, 11) is 0. The molecule has 3 rings (SSSR count). The molecule has 0 amide bonds. The van der Waals surface area contributed by atoms with E-state index in [0.717, 1.165) is 24.0 Å². The summed E-state index contributed by atoms with van der Waals surface area (Å²) in [4.78, 5) is 13.1. The molecule has 0 radical (unpaired) electrons. The van der Waals surface area contributed by atoms with Crippen LogP contribution in [0.4, 0.5) is 0 Å². The molecule has 0 aliphatic heterocycles. The van der Waals surface area contributed by atoms with Gasteiger partial charge in [0.1, 0.15) is 0 Å². The van der Waals surface area contributed by atoms with E-state index in [9.17, 15) is 4.79 Å². The fourth-order valence-electron chi connectivity index (χ4n) is 3.50. The van der Waals surface area contributed by atoms with Crippen molar-refractivity contribution in [1.82, 2.24) is 0 Å². The van der Waals surface area contributed by atoms with Crippen LogP contribution in [0, 0.1) is 11.8 Å². The Bertz CT molecular complexity index is 773. The quantitative estimate of drug-likeness (QED) is 0.425. The van der Waals surface area contributed by atoms with Crippen LogP contribution in [0.3, 0.4) is 0 Å². The van der Waals surface area contributed by atoms with Crippen LogP contribution >= 0.6 is 15.9 Å². The van der Waals surface area contributed by atoms with Crippen LogP contribution in [0.5, 0.6) is 0 Å². The van der Waals surface area contributed by atoms with Crippen molar-refractivity contribution < 1.29 is 4.79 Å². The number of carbonyl (C=O) groups is 1. The van der Waals surface area contributed by atoms with Gasteiger partial charge in [-0.05, 0) is 47.4 Å². The highest BCUT2D eigenvalue weighted by atomic mass is 79.9. The van der Waals surface area contributed by atoms with Gasteiger partial charge in [0, 0.05) is 5.57 Å². The Hall–Kier alpha value is -1.67. The summed E-state index contributed by atoms with van der Waals surface area (Å²) in [6.45, 7) is 6.40. The Balaban J connectivity index is 1.90. The number of alkyl halides is 1. The van der Waals surface area contributed by atoms with Gasteiger partial charge in [0.25, 0.3) is 0 Å². The predicted molar refractivity (Wildman–Crippen MR) is 110 cm³/mol. The number of carbonyl (C=O) groups excluding carboxylic acids is 1. The number of benzene rings is 2. The minimum Gasteiger partial charge on any atom is -0.293 e. The molecule has 0 N–H and O–H groups in total. The Kier molecular flexibility index (Phi) is 5.29. The third-order valence-electron chi connectivity index (χ3n) is 5.37. The van der Waals surface area contributed by atoms with E-state index in [4.69, 9.17) is 0 Å². The Morgan fingerprint density at radius 3 is 2.24 bits per heavy atom. The first-order valence-corrected chi connectivity index (χ1v) is 9.82. The Labute approximate surface area is 159 Å².